The van der Waals surface area contributed by atoms with E-state index in [0.717, 1.165) is 69.8 Å². The topological polar surface area (TPSA) is 40.6 Å². The Hall–Kier alpha value is -1.84. The van der Waals surface area contributed by atoms with Gasteiger partial charge in [0.1, 0.15) is 0 Å². The molecule has 3 rings (SSSR count). The molecule has 0 aliphatic carbocycles. The molecule has 25 heavy (non-hydrogen) atoms. The molecule has 2 aliphatic heterocycles. The number of likely N-dealkylation sites (tertiary alicyclic amines) is 2. The van der Waals surface area contributed by atoms with Gasteiger partial charge in [-0.2, -0.15) is 0 Å². The van der Waals surface area contributed by atoms with Gasteiger partial charge in [0, 0.05) is 38.7 Å². The molecule has 0 bridgehead atoms. The van der Waals surface area contributed by atoms with Crippen LogP contribution >= 0.6 is 0 Å². The van der Waals surface area contributed by atoms with Crippen LogP contribution in [0.1, 0.15) is 55.5 Å². The molecule has 0 N–H and O–H groups in total. The largest absolute Gasteiger partial charge is 0.343 e. The van der Waals surface area contributed by atoms with E-state index in [1.165, 1.54) is 5.56 Å². The van der Waals surface area contributed by atoms with Gasteiger partial charge in [0.05, 0.1) is 0 Å². The number of amides is 2. The third kappa shape index (κ3) is 4.62. The summed E-state index contributed by atoms with van der Waals surface area (Å²) in [6.07, 6.45) is 5.42. The molecule has 1 aromatic carbocycles. The van der Waals surface area contributed by atoms with Gasteiger partial charge in [-0.25, -0.2) is 0 Å². The van der Waals surface area contributed by atoms with Crippen LogP contribution in [0, 0.1) is 11.8 Å². The number of benzene rings is 1. The van der Waals surface area contributed by atoms with E-state index in [0.29, 0.717) is 5.92 Å². The van der Waals surface area contributed by atoms with Gasteiger partial charge in [0.15, 0.2) is 0 Å². The Bertz CT molecular complexity index is 595. The number of carbonyl (C=O) groups is 2. The quantitative estimate of drug-likeness (QED) is 0.845. The number of carbonyl (C=O) groups excluding carboxylic acids is 2. The van der Waals surface area contributed by atoms with Gasteiger partial charge in [-0.3, -0.25) is 9.59 Å². The molecule has 136 valence electrons. The summed E-state index contributed by atoms with van der Waals surface area (Å²) in [5.41, 5.74) is 2.11. The lowest BCUT2D eigenvalue weighted by atomic mass is 9.90. The Morgan fingerprint density at radius 3 is 2.04 bits per heavy atom. The Morgan fingerprint density at radius 1 is 0.920 bits per heavy atom. The van der Waals surface area contributed by atoms with E-state index in [1.807, 2.05) is 21.9 Å². The van der Waals surface area contributed by atoms with E-state index in [2.05, 4.69) is 19.1 Å². The normalized spacial score (nSPS) is 19.9. The molecular weight excluding hydrogens is 312 g/mol. The van der Waals surface area contributed by atoms with Crippen molar-refractivity contribution < 1.29 is 9.59 Å². The zero-order valence-electron chi connectivity index (χ0n) is 15.5. The average Bonchev–Trinajstić information content (AvgIpc) is 2.63. The van der Waals surface area contributed by atoms with E-state index >= 15 is 0 Å². The van der Waals surface area contributed by atoms with Crippen LogP contribution in [0.4, 0.5) is 0 Å². The van der Waals surface area contributed by atoms with Gasteiger partial charge in [-0.15, -0.1) is 0 Å². The lowest BCUT2D eigenvalue weighted by molar-refractivity contribution is -0.130. The van der Waals surface area contributed by atoms with Crippen molar-refractivity contribution in [2.45, 2.75) is 46.0 Å². The maximum absolute atomic E-state index is 12.6. The van der Waals surface area contributed by atoms with E-state index in [4.69, 9.17) is 0 Å². The molecule has 2 fully saturated rings. The molecule has 0 saturated carbocycles. The van der Waals surface area contributed by atoms with Gasteiger partial charge in [-0.05, 0) is 61.6 Å². The molecule has 0 atom stereocenters. The van der Waals surface area contributed by atoms with Crippen LogP contribution in [0.25, 0.3) is 0 Å². The third-order valence-corrected chi connectivity index (χ3v) is 5.86. The zero-order valence-corrected chi connectivity index (χ0v) is 15.5. The third-order valence-electron chi connectivity index (χ3n) is 5.86. The number of hydrogen-bond acceptors (Lipinski definition) is 2. The van der Waals surface area contributed by atoms with E-state index in [-0.39, 0.29) is 11.8 Å². The first-order chi connectivity index (χ1) is 12.0. The minimum absolute atomic E-state index is 0.174. The van der Waals surface area contributed by atoms with E-state index in [9.17, 15) is 9.59 Å². The van der Waals surface area contributed by atoms with Crippen molar-refractivity contribution in [2.24, 2.45) is 11.8 Å². The molecule has 2 saturated heterocycles. The Balaban J connectivity index is 1.52. The van der Waals surface area contributed by atoms with Crippen molar-refractivity contribution in [1.82, 2.24) is 9.80 Å². The highest BCUT2D eigenvalue weighted by Crippen LogP contribution is 2.23. The molecule has 0 spiro atoms. The second kappa shape index (κ2) is 8.03. The van der Waals surface area contributed by atoms with Crippen molar-refractivity contribution in [1.29, 1.82) is 0 Å². The minimum atomic E-state index is 0.174. The SMILES string of the molecule is CC(=O)N1CCC(Cc2ccc(C(=O)N3CCC(C)CC3)cc2)CC1. The molecule has 2 amide bonds. The van der Waals surface area contributed by atoms with Crippen molar-refractivity contribution in [2.75, 3.05) is 26.2 Å². The first-order valence-corrected chi connectivity index (χ1v) is 9.66. The smallest absolute Gasteiger partial charge is 0.253 e. The van der Waals surface area contributed by atoms with E-state index < -0.39 is 0 Å². The Kier molecular flexibility index (Phi) is 5.77. The predicted octanol–water partition coefficient (Wildman–Crippen LogP) is 3.36. The summed E-state index contributed by atoms with van der Waals surface area (Å²) in [6, 6.07) is 8.19. The van der Waals surface area contributed by atoms with Crippen molar-refractivity contribution >= 4 is 11.8 Å². The van der Waals surface area contributed by atoms with Crippen LogP contribution in [0.5, 0.6) is 0 Å². The van der Waals surface area contributed by atoms with Gasteiger partial charge in [0.2, 0.25) is 5.91 Å². The maximum Gasteiger partial charge on any atom is 0.253 e. The number of rotatable bonds is 3. The van der Waals surface area contributed by atoms with Crippen LogP contribution < -0.4 is 0 Å². The first-order valence-electron chi connectivity index (χ1n) is 9.66. The van der Waals surface area contributed by atoms with Crippen LogP contribution in [0.2, 0.25) is 0 Å². The minimum Gasteiger partial charge on any atom is -0.343 e. The van der Waals surface area contributed by atoms with Crippen LogP contribution in [-0.2, 0) is 11.2 Å². The fraction of sp³-hybridized carbons (Fsp3) is 0.619. The fourth-order valence-corrected chi connectivity index (χ4v) is 3.96. The van der Waals surface area contributed by atoms with Gasteiger partial charge in [-0.1, -0.05) is 19.1 Å². The van der Waals surface area contributed by atoms with Crippen molar-refractivity contribution in [3.8, 4) is 0 Å². The molecular formula is C21H30N2O2. The maximum atomic E-state index is 12.6. The molecule has 4 nitrogen and oxygen atoms in total. The average molecular weight is 342 g/mol. The summed E-state index contributed by atoms with van der Waals surface area (Å²) >= 11 is 0. The molecule has 0 unspecified atom stereocenters. The summed E-state index contributed by atoms with van der Waals surface area (Å²) in [7, 11) is 0. The second-order valence-electron chi connectivity index (χ2n) is 7.83. The summed E-state index contributed by atoms with van der Waals surface area (Å²) < 4.78 is 0. The summed E-state index contributed by atoms with van der Waals surface area (Å²) in [6.45, 7) is 7.44. The Labute approximate surface area is 151 Å². The Morgan fingerprint density at radius 2 is 1.48 bits per heavy atom. The summed E-state index contributed by atoms with van der Waals surface area (Å²) in [5, 5.41) is 0. The van der Waals surface area contributed by atoms with Gasteiger partial charge in [0.25, 0.3) is 5.91 Å². The highest BCUT2D eigenvalue weighted by molar-refractivity contribution is 5.94. The molecule has 1 aromatic rings. The van der Waals surface area contributed by atoms with Crippen molar-refractivity contribution in [3.05, 3.63) is 35.4 Å². The van der Waals surface area contributed by atoms with E-state index in [1.54, 1.807) is 6.92 Å². The highest BCUT2D eigenvalue weighted by atomic mass is 16.2. The molecule has 2 aliphatic rings. The number of nitrogens with zero attached hydrogens (tertiary/aromatic N) is 2. The van der Waals surface area contributed by atoms with Crippen LogP contribution in [0.3, 0.4) is 0 Å². The molecule has 2 heterocycles. The number of hydrogen-bond donors (Lipinski definition) is 0. The summed E-state index contributed by atoms with van der Waals surface area (Å²) in [4.78, 5) is 27.9. The number of piperidine rings is 2. The monoisotopic (exact) mass is 342 g/mol. The molecule has 0 radical (unpaired) electrons. The van der Waals surface area contributed by atoms with Gasteiger partial charge >= 0.3 is 0 Å². The lowest BCUT2D eigenvalue weighted by Gasteiger charge is -2.31. The lowest BCUT2D eigenvalue weighted by Crippen LogP contribution is -2.38. The van der Waals surface area contributed by atoms with Gasteiger partial charge < -0.3 is 9.80 Å². The predicted molar refractivity (Wildman–Crippen MR) is 99.4 cm³/mol. The fourth-order valence-electron chi connectivity index (χ4n) is 3.96. The standard InChI is InChI=1S/C21H30N2O2/c1-16-7-11-23(12-8-16)21(25)20-5-3-18(4-6-20)15-19-9-13-22(14-10-19)17(2)24/h3-6,16,19H,7-15H2,1-2H3. The highest BCUT2D eigenvalue weighted by Gasteiger charge is 2.22. The first kappa shape index (κ1) is 18.0. The second-order valence-corrected chi connectivity index (χ2v) is 7.83. The summed E-state index contributed by atoms with van der Waals surface area (Å²) in [5.74, 6) is 1.74. The molecule has 4 heteroatoms. The van der Waals surface area contributed by atoms with Crippen molar-refractivity contribution in [3.63, 3.8) is 0 Å². The van der Waals surface area contributed by atoms with Crippen LogP contribution in [-0.4, -0.2) is 47.8 Å². The van der Waals surface area contributed by atoms with Crippen LogP contribution in [0.15, 0.2) is 24.3 Å². The zero-order chi connectivity index (χ0) is 17.8. The molecule has 0 aromatic heterocycles.